The average molecular weight is 308 g/mol. The van der Waals surface area contributed by atoms with Gasteiger partial charge in [-0.15, -0.1) is 0 Å². The number of non-ortho nitro benzene ring substituents is 1. The lowest BCUT2D eigenvalue weighted by Gasteiger charge is -2.35. The topological polar surface area (TPSA) is 99.0 Å². The highest BCUT2D eigenvalue weighted by Gasteiger charge is 2.38. The molecule has 0 radical (unpaired) electrons. The van der Waals surface area contributed by atoms with Crippen molar-refractivity contribution < 1.29 is 24.0 Å². The van der Waals surface area contributed by atoms with Crippen LogP contribution in [0.1, 0.15) is 13.8 Å². The minimum Gasteiger partial charge on any atom is -0.478 e. The van der Waals surface area contributed by atoms with Gasteiger partial charge in [-0.25, -0.2) is 0 Å². The summed E-state index contributed by atoms with van der Waals surface area (Å²) in [5.74, 6) is -0.826. The van der Waals surface area contributed by atoms with Gasteiger partial charge in [0.25, 0.3) is 11.6 Å². The normalized spacial score (nSPS) is 17.0. The summed E-state index contributed by atoms with van der Waals surface area (Å²) in [6, 6.07) is 3.94. The van der Waals surface area contributed by atoms with E-state index in [0.717, 1.165) is 0 Å². The molecular formula is C14H16N2O6. The molecule has 1 unspecified atom stereocenters. The molecule has 8 heteroatoms. The largest absolute Gasteiger partial charge is 0.478 e. The summed E-state index contributed by atoms with van der Waals surface area (Å²) in [5, 5.41) is 10.9. The Balaban J connectivity index is 2.49. The van der Waals surface area contributed by atoms with Crippen molar-refractivity contribution >= 4 is 23.3 Å². The summed E-state index contributed by atoms with van der Waals surface area (Å²) in [6.45, 7) is 3.31. The summed E-state index contributed by atoms with van der Waals surface area (Å²) >= 11 is 0. The monoisotopic (exact) mass is 308 g/mol. The standard InChI is InChI=1S/C14H16N2O6/c1-8(2)13-14(18)15(7-12(17)21-3)10-6-9(16(19)20)4-5-11(10)22-13/h4-6,8,13H,7H2,1-3H3. The number of methoxy groups -OCH3 is 1. The molecule has 1 atom stereocenters. The molecule has 0 bridgehead atoms. The van der Waals surface area contributed by atoms with Gasteiger partial charge in [0.05, 0.1) is 17.7 Å². The zero-order valence-electron chi connectivity index (χ0n) is 12.4. The van der Waals surface area contributed by atoms with Gasteiger partial charge in [0.15, 0.2) is 6.10 Å². The number of fused-ring (bicyclic) bond motifs is 1. The molecule has 0 spiro atoms. The van der Waals surface area contributed by atoms with E-state index < -0.39 is 22.9 Å². The Labute approximate surface area is 126 Å². The van der Waals surface area contributed by atoms with E-state index >= 15 is 0 Å². The number of ether oxygens (including phenoxy) is 2. The van der Waals surface area contributed by atoms with E-state index in [1.165, 1.54) is 30.2 Å². The lowest BCUT2D eigenvalue weighted by Crippen LogP contribution is -2.50. The van der Waals surface area contributed by atoms with Crippen LogP contribution in [0.5, 0.6) is 5.75 Å². The van der Waals surface area contributed by atoms with Gasteiger partial charge in [0, 0.05) is 12.1 Å². The highest BCUT2D eigenvalue weighted by atomic mass is 16.6. The number of carbonyl (C=O) groups is 2. The van der Waals surface area contributed by atoms with Crippen LogP contribution in [-0.4, -0.2) is 36.6 Å². The lowest BCUT2D eigenvalue weighted by molar-refractivity contribution is -0.384. The molecule has 0 saturated carbocycles. The number of hydrogen-bond donors (Lipinski definition) is 0. The van der Waals surface area contributed by atoms with Gasteiger partial charge in [0.2, 0.25) is 0 Å². The maximum Gasteiger partial charge on any atom is 0.325 e. The fourth-order valence-electron chi connectivity index (χ4n) is 2.17. The van der Waals surface area contributed by atoms with Gasteiger partial charge >= 0.3 is 5.97 Å². The molecule has 0 fully saturated rings. The minimum atomic E-state index is -0.751. The highest BCUT2D eigenvalue weighted by molar-refractivity contribution is 6.03. The maximum atomic E-state index is 12.5. The highest BCUT2D eigenvalue weighted by Crippen LogP contribution is 2.38. The minimum absolute atomic E-state index is 0.115. The summed E-state index contributed by atoms with van der Waals surface area (Å²) in [5.41, 5.74) is 0.00881. The van der Waals surface area contributed by atoms with Crippen molar-refractivity contribution in [3.05, 3.63) is 28.3 Å². The number of carbonyl (C=O) groups excluding carboxylic acids is 2. The van der Waals surface area contributed by atoms with E-state index in [4.69, 9.17) is 4.74 Å². The first-order valence-corrected chi connectivity index (χ1v) is 6.68. The molecule has 0 aliphatic carbocycles. The number of nitrogens with zero attached hydrogens (tertiary/aromatic N) is 2. The number of nitro benzene ring substituents is 1. The molecule has 118 valence electrons. The smallest absolute Gasteiger partial charge is 0.325 e. The van der Waals surface area contributed by atoms with Crippen molar-refractivity contribution in [2.45, 2.75) is 20.0 Å². The average Bonchev–Trinajstić information content (AvgIpc) is 2.48. The van der Waals surface area contributed by atoms with Crippen molar-refractivity contribution in [2.24, 2.45) is 5.92 Å². The number of hydrogen-bond acceptors (Lipinski definition) is 6. The number of esters is 1. The fourth-order valence-corrected chi connectivity index (χ4v) is 2.17. The van der Waals surface area contributed by atoms with Crippen molar-refractivity contribution in [3.63, 3.8) is 0 Å². The van der Waals surface area contributed by atoms with Gasteiger partial charge < -0.3 is 9.47 Å². The molecule has 0 N–H and O–H groups in total. The predicted octanol–water partition coefficient (Wildman–Crippen LogP) is 1.52. The Morgan fingerprint density at radius 3 is 2.73 bits per heavy atom. The second-order valence-corrected chi connectivity index (χ2v) is 5.19. The molecule has 1 aliphatic heterocycles. The molecule has 1 amide bonds. The van der Waals surface area contributed by atoms with Crippen LogP contribution in [0, 0.1) is 16.0 Å². The molecule has 0 saturated heterocycles. The Kier molecular flexibility index (Phi) is 4.30. The first-order chi connectivity index (χ1) is 10.3. The van der Waals surface area contributed by atoms with Gasteiger partial charge in [-0.3, -0.25) is 24.6 Å². The zero-order valence-corrected chi connectivity index (χ0v) is 12.4. The van der Waals surface area contributed by atoms with Crippen molar-refractivity contribution in [3.8, 4) is 5.75 Å². The third kappa shape index (κ3) is 2.85. The lowest BCUT2D eigenvalue weighted by atomic mass is 10.0. The Morgan fingerprint density at radius 2 is 2.18 bits per heavy atom. The summed E-state index contributed by atoms with van der Waals surface area (Å²) < 4.78 is 10.2. The molecule has 8 nitrogen and oxygen atoms in total. The van der Waals surface area contributed by atoms with Crippen LogP contribution in [-0.2, 0) is 14.3 Å². The first-order valence-electron chi connectivity index (χ1n) is 6.68. The van der Waals surface area contributed by atoms with Crippen LogP contribution in [0.15, 0.2) is 18.2 Å². The number of nitro groups is 1. The SMILES string of the molecule is COC(=O)CN1C(=O)C(C(C)C)Oc2ccc([N+](=O)[O-])cc21. The van der Waals surface area contributed by atoms with Gasteiger partial charge in [-0.1, -0.05) is 13.8 Å². The molecular weight excluding hydrogens is 292 g/mol. The molecule has 2 rings (SSSR count). The first kappa shape index (κ1) is 15.7. The second kappa shape index (κ2) is 6.00. The number of benzene rings is 1. The van der Waals surface area contributed by atoms with Crippen molar-refractivity contribution in [2.75, 3.05) is 18.6 Å². The molecule has 1 aliphatic rings. The van der Waals surface area contributed by atoms with Gasteiger partial charge in [0.1, 0.15) is 12.3 Å². The Bertz CT molecular complexity index is 628. The molecule has 0 aromatic heterocycles. The van der Waals surface area contributed by atoms with E-state index in [9.17, 15) is 19.7 Å². The molecule has 1 aromatic rings. The molecule has 22 heavy (non-hydrogen) atoms. The predicted molar refractivity (Wildman–Crippen MR) is 76.7 cm³/mol. The van der Waals surface area contributed by atoms with E-state index in [0.29, 0.717) is 5.75 Å². The maximum absolute atomic E-state index is 12.5. The molecule has 1 aromatic carbocycles. The quantitative estimate of drug-likeness (QED) is 0.475. The van der Waals surface area contributed by atoms with E-state index in [1.807, 2.05) is 13.8 Å². The number of rotatable bonds is 4. The van der Waals surface area contributed by atoms with Crippen molar-refractivity contribution in [1.82, 2.24) is 0 Å². The third-order valence-electron chi connectivity index (χ3n) is 3.33. The Morgan fingerprint density at radius 1 is 1.50 bits per heavy atom. The van der Waals surface area contributed by atoms with Crippen molar-refractivity contribution in [1.29, 1.82) is 0 Å². The van der Waals surface area contributed by atoms with Crippen LogP contribution in [0.25, 0.3) is 0 Å². The van der Waals surface area contributed by atoms with Crippen LogP contribution in [0.2, 0.25) is 0 Å². The van der Waals surface area contributed by atoms with Crippen LogP contribution in [0.4, 0.5) is 11.4 Å². The second-order valence-electron chi connectivity index (χ2n) is 5.19. The fraction of sp³-hybridized carbons (Fsp3) is 0.429. The summed E-state index contributed by atoms with van der Waals surface area (Å²) in [7, 11) is 1.21. The summed E-state index contributed by atoms with van der Waals surface area (Å²) in [4.78, 5) is 35.5. The van der Waals surface area contributed by atoms with E-state index in [-0.39, 0.29) is 23.8 Å². The van der Waals surface area contributed by atoms with Crippen LogP contribution in [0.3, 0.4) is 0 Å². The molecule has 1 heterocycles. The third-order valence-corrected chi connectivity index (χ3v) is 3.33. The van der Waals surface area contributed by atoms with Crippen LogP contribution >= 0.6 is 0 Å². The summed E-state index contributed by atoms with van der Waals surface area (Å²) in [6.07, 6.45) is -0.751. The number of amides is 1. The van der Waals surface area contributed by atoms with Gasteiger partial charge in [-0.05, 0) is 12.0 Å². The van der Waals surface area contributed by atoms with Crippen LogP contribution < -0.4 is 9.64 Å². The number of anilines is 1. The zero-order chi connectivity index (χ0) is 16.4. The van der Waals surface area contributed by atoms with E-state index in [2.05, 4.69) is 4.74 Å². The van der Waals surface area contributed by atoms with Gasteiger partial charge in [-0.2, -0.15) is 0 Å². The van der Waals surface area contributed by atoms with E-state index in [1.54, 1.807) is 0 Å². The Hall–Kier alpha value is -2.64.